The van der Waals surface area contributed by atoms with Crippen LogP contribution >= 0.6 is 0 Å². The molecule has 0 aliphatic rings. The molecule has 0 unspecified atom stereocenters. The molecular formula is C128H87N3. The molecule has 0 bridgehead atoms. The maximum Gasteiger partial charge on any atom is 0.0468 e. The van der Waals surface area contributed by atoms with Crippen LogP contribution in [0, 0.1) is 0 Å². The Bertz CT molecular complexity index is 8470. The highest BCUT2D eigenvalue weighted by molar-refractivity contribution is 6.21. The van der Waals surface area contributed by atoms with E-state index >= 15 is 0 Å². The Morgan fingerprint density at radius 3 is 0.725 bits per heavy atom. The predicted molar refractivity (Wildman–Crippen MR) is 563 cm³/mol. The van der Waals surface area contributed by atoms with Crippen LogP contribution in [0.5, 0.6) is 0 Å². The fraction of sp³-hybridized carbons (Fsp3) is 0. The first-order valence-electron chi connectivity index (χ1n) is 45.1. The van der Waals surface area contributed by atoms with E-state index in [1.165, 1.54) is 174 Å². The Hall–Kier alpha value is -17.2. The number of rotatable bonds is 14. The highest BCUT2D eigenvalue weighted by Gasteiger charge is 2.21. The first kappa shape index (κ1) is 78.5. The van der Waals surface area contributed by atoms with Gasteiger partial charge in [0.2, 0.25) is 0 Å². The molecule has 25 rings (SSSR count). The zero-order valence-electron chi connectivity index (χ0n) is 72.1. The zero-order valence-corrected chi connectivity index (χ0v) is 72.1. The van der Waals surface area contributed by atoms with Gasteiger partial charge in [0.15, 0.2) is 0 Å². The van der Waals surface area contributed by atoms with E-state index in [0.29, 0.717) is 0 Å². The minimum Gasteiger partial charge on any atom is -0.310 e. The molecule has 0 atom stereocenters. The van der Waals surface area contributed by atoms with E-state index in [9.17, 15) is 0 Å². The van der Waals surface area contributed by atoms with Crippen molar-refractivity contribution in [2.75, 3.05) is 14.7 Å². The van der Waals surface area contributed by atoms with Crippen LogP contribution in [0.25, 0.3) is 174 Å². The molecule has 0 heterocycles. The van der Waals surface area contributed by atoms with E-state index in [2.05, 4.69) is 542 Å². The molecular weight excluding hydrogens is 1580 g/mol. The highest BCUT2D eigenvalue weighted by Crippen LogP contribution is 2.46. The standard InChI is InChI=1S/C44H29N.2C42H29N/c1-3-10-35-27-37(14-13-30(35)7-1)32-15-21-38(22-16-32)45(39-23-17-31-8-2-4-11-36(31)28-39)40-24-18-34-20-25-42-41-12-6-5-9-33(41)19-26-43(42)44(34)29-40;1-3-11-30(12-4-1)37-16-9-10-17-38(37)32-19-24-35(25-20-32)43(34-14-5-2-6-15-34)36-26-21-33-23-27-40-39-18-8-7-13-31(39)22-28-41(40)42(33)29-36;1-3-9-30(10-4-1)32-15-21-36(22-16-32)43(37-23-17-33(18-24-37)31-11-5-2-6-12-31)38-25-28-40-35(29-38)20-27-41-39-14-8-7-13-34(39)19-26-42(40)41/h1-29H;2*1-29H. The number of hydrogen-bond acceptors (Lipinski definition) is 3. The molecule has 25 aromatic carbocycles. The monoisotopic (exact) mass is 1670 g/mol. The van der Waals surface area contributed by atoms with Crippen LogP contribution in [0.1, 0.15) is 0 Å². The van der Waals surface area contributed by atoms with Crippen LogP contribution < -0.4 is 14.7 Å². The van der Waals surface area contributed by atoms with E-state index < -0.39 is 0 Å². The van der Waals surface area contributed by atoms with Crippen LogP contribution in [0.4, 0.5) is 51.2 Å². The van der Waals surface area contributed by atoms with Crippen molar-refractivity contribution in [3.05, 3.63) is 528 Å². The Labute approximate surface area is 762 Å². The second-order valence-corrected chi connectivity index (χ2v) is 33.8. The lowest BCUT2D eigenvalue weighted by molar-refractivity contribution is 1.29. The lowest BCUT2D eigenvalue weighted by Gasteiger charge is -2.26. The molecule has 0 saturated heterocycles. The minimum atomic E-state index is 1.12. The molecule has 0 saturated carbocycles. The van der Waals surface area contributed by atoms with Crippen molar-refractivity contribution >= 4 is 170 Å². The van der Waals surface area contributed by atoms with E-state index in [1.54, 1.807) is 0 Å². The van der Waals surface area contributed by atoms with Crippen molar-refractivity contribution in [2.24, 2.45) is 0 Å². The molecule has 25 aromatic rings. The molecule has 0 aliphatic heterocycles. The molecule has 0 amide bonds. The van der Waals surface area contributed by atoms with Crippen LogP contribution in [0.15, 0.2) is 528 Å². The number of fused-ring (bicyclic) bond motifs is 17. The largest absolute Gasteiger partial charge is 0.310 e. The summed E-state index contributed by atoms with van der Waals surface area (Å²) in [6.45, 7) is 0. The minimum absolute atomic E-state index is 1.12. The second-order valence-electron chi connectivity index (χ2n) is 33.8. The third-order valence-electron chi connectivity index (χ3n) is 26.1. The zero-order chi connectivity index (χ0) is 86.9. The van der Waals surface area contributed by atoms with Crippen LogP contribution in [0.3, 0.4) is 0 Å². The van der Waals surface area contributed by atoms with Gasteiger partial charge < -0.3 is 14.7 Å². The summed E-state index contributed by atoms with van der Waals surface area (Å²) < 4.78 is 0. The molecule has 0 N–H and O–H groups in total. The van der Waals surface area contributed by atoms with Crippen molar-refractivity contribution in [1.29, 1.82) is 0 Å². The molecule has 131 heavy (non-hydrogen) atoms. The van der Waals surface area contributed by atoms with Crippen LogP contribution in [-0.4, -0.2) is 0 Å². The average molecular weight is 1670 g/mol. The molecule has 3 nitrogen and oxygen atoms in total. The molecule has 0 fully saturated rings. The second kappa shape index (κ2) is 34.6. The van der Waals surface area contributed by atoms with E-state index in [-0.39, 0.29) is 0 Å². The lowest BCUT2D eigenvalue weighted by Crippen LogP contribution is -2.10. The number of hydrogen-bond donors (Lipinski definition) is 0. The smallest absolute Gasteiger partial charge is 0.0468 e. The fourth-order valence-corrected chi connectivity index (χ4v) is 19.5. The predicted octanol–water partition coefficient (Wildman–Crippen LogP) is 36.5. The quantitative estimate of drug-likeness (QED) is 0.100. The van der Waals surface area contributed by atoms with Gasteiger partial charge >= 0.3 is 0 Å². The third kappa shape index (κ3) is 15.4. The number of nitrogens with zero attached hydrogens (tertiary/aromatic N) is 3. The molecule has 0 radical (unpaired) electrons. The van der Waals surface area contributed by atoms with Crippen molar-refractivity contribution < 1.29 is 0 Å². The van der Waals surface area contributed by atoms with Gasteiger partial charge in [0.1, 0.15) is 0 Å². The molecule has 0 aliphatic carbocycles. The summed E-state index contributed by atoms with van der Waals surface area (Å²) in [5.74, 6) is 0. The van der Waals surface area contributed by atoms with Crippen molar-refractivity contribution in [3.8, 4) is 55.6 Å². The van der Waals surface area contributed by atoms with Gasteiger partial charge in [-0.25, -0.2) is 0 Å². The molecule has 0 spiro atoms. The van der Waals surface area contributed by atoms with Crippen molar-refractivity contribution in [2.45, 2.75) is 0 Å². The summed E-state index contributed by atoms with van der Waals surface area (Å²) in [4.78, 5) is 7.09. The summed E-state index contributed by atoms with van der Waals surface area (Å²) in [5, 5.41) is 27.9. The summed E-state index contributed by atoms with van der Waals surface area (Å²) in [7, 11) is 0. The van der Waals surface area contributed by atoms with Crippen molar-refractivity contribution in [1.82, 2.24) is 0 Å². The Morgan fingerprint density at radius 1 is 0.0916 bits per heavy atom. The SMILES string of the molecule is c1ccc(-c2ccc(N(c3ccc(-c4ccccc4)cc3)c3ccc4c(ccc5c6ccccc6ccc45)c3)cc2)cc1.c1ccc(-c2ccccc2-c2ccc(N(c3ccccc3)c3ccc4ccc5c6ccccc6ccc5c4c3)cc2)cc1.c1ccc2cc(-c3ccc(N(c4ccc5ccccc5c4)c4ccc5ccc6c7ccccc7ccc6c5c4)cc3)ccc2c1. The van der Waals surface area contributed by atoms with Gasteiger partial charge in [-0.15, -0.1) is 0 Å². The maximum absolute atomic E-state index is 2.38. The number of anilines is 9. The summed E-state index contributed by atoms with van der Waals surface area (Å²) in [5.41, 5.74) is 22.4. The Morgan fingerprint density at radius 2 is 0.305 bits per heavy atom. The number of benzene rings is 25. The molecule has 0 aromatic heterocycles. The Kier molecular flexibility index (Phi) is 20.7. The topological polar surface area (TPSA) is 9.72 Å². The normalized spacial score (nSPS) is 11.4. The fourth-order valence-electron chi connectivity index (χ4n) is 19.5. The summed E-state index contributed by atoms with van der Waals surface area (Å²) >= 11 is 0. The van der Waals surface area contributed by atoms with Gasteiger partial charge in [0.25, 0.3) is 0 Å². The average Bonchev–Trinajstić information content (AvgIpc) is 0.762. The third-order valence-corrected chi connectivity index (χ3v) is 26.1. The lowest BCUT2D eigenvalue weighted by atomic mass is 9.94. The van der Waals surface area contributed by atoms with Gasteiger partial charge in [-0.2, -0.15) is 0 Å². The first-order chi connectivity index (χ1) is 64.9. The van der Waals surface area contributed by atoms with Gasteiger partial charge in [0, 0.05) is 51.2 Å². The van der Waals surface area contributed by atoms with Crippen LogP contribution in [-0.2, 0) is 0 Å². The summed E-state index contributed by atoms with van der Waals surface area (Å²) in [6.07, 6.45) is 0. The van der Waals surface area contributed by atoms with Crippen molar-refractivity contribution in [3.63, 3.8) is 0 Å². The Balaban J connectivity index is 0.000000112. The van der Waals surface area contributed by atoms with Gasteiger partial charge in [-0.05, 0) is 289 Å². The molecule has 3 heteroatoms. The first-order valence-corrected chi connectivity index (χ1v) is 45.1. The maximum atomic E-state index is 2.38. The highest BCUT2D eigenvalue weighted by atomic mass is 15.2. The summed E-state index contributed by atoms with van der Waals surface area (Å²) in [6, 6.07) is 191. The van der Waals surface area contributed by atoms with Gasteiger partial charge in [-0.1, -0.05) is 413 Å². The van der Waals surface area contributed by atoms with E-state index in [0.717, 1.165) is 51.2 Å². The van der Waals surface area contributed by atoms with E-state index in [1.807, 2.05) is 0 Å². The van der Waals surface area contributed by atoms with Gasteiger partial charge in [-0.3, -0.25) is 0 Å². The van der Waals surface area contributed by atoms with Crippen LogP contribution in [0.2, 0.25) is 0 Å². The van der Waals surface area contributed by atoms with E-state index in [4.69, 9.17) is 0 Å². The number of para-hydroxylation sites is 1. The molecule has 614 valence electrons. The van der Waals surface area contributed by atoms with Gasteiger partial charge in [0.05, 0.1) is 0 Å².